The number of anilines is 3. The molecule has 1 aliphatic carbocycles. The molecule has 2 heterocycles. The highest BCUT2D eigenvalue weighted by Gasteiger charge is 2.31. The summed E-state index contributed by atoms with van der Waals surface area (Å²) in [6, 6.07) is 4.00. The molecule has 0 spiro atoms. The van der Waals surface area contributed by atoms with Gasteiger partial charge >= 0.3 is 0 Å². The van der Waals surface area contributed by atoms with Crippen molar-refractivity contribution in [3.05, 3.63) is 47.4 Å². The fraction of sp³-hybridized carbons (Fsp3) is 0.478. The Morgan fingerprint density at radius 2 is 1.78 bits per heavy atom. The van der Waals surface area contributed by atoms with Crippen LogP contribution in [0.4, 0.5) is 30.4 Å². The van der Waals surface area contributed by atoms with E-state index in [1.807, 2.05) is 24.9 Å². The zero-order valence-corrected chi connectivity index (χ0v) is 16.8. The van der Waals surface area contributed by atoms with Crippen LogP contribution in [0.3, 0.4) is 0 Å². The van der Waals surface area contributed by atoms with Crippen LogP contribution in [0.15, 0.2) is 24.4 Å². The molecule has 2 aromatic rings. The molecular weight excluding hydrogens is 421 g/mol. The lowest BCUT2D eigenvalue weighted by molar-refractivity contribution is -0.117. The lowest BCUT2D eigenvalue weighted by atomic mass is 9.89. The van der Waals surface area contributed by atoms with E-state index in [1.165, 1.54) is 0 Å². The van der Waals surface area contributed by atoms with Crippen molar-refractivity contribution < 1.29 is 22.7 Å². The molecule has 0 unspecified atom stereocenters. The molecule has 0 radical (unpaired) electrons. The maximum absolute atomic E-state index is 13.3. The molecule has 176 valence electrons. The maximum atomic E-state index is 13.3. The number of hydrogen-bond acceptors (Lipinski definition) is 5. The molecule has 1 fully saturated rings. The number of benzene rings is 1. The lowest BCUT2D eigenvalue weighted by Crippen LogP contribution is -2.44. The van der Waals surface area contributed by atoms with E-state index in [0.29, 0.717) is 13.1 Å². The van der Waals surface area contributed by atoms with Crippen molar-refractivity contribution in [2.24, 2.45) is 0 Å². The van der Waals surface area contributed by atoms with Crippen LogP contribution in [-0.4, -0.2) is 43.2 Å². The van der Waals surface area contributed by atoms with E-state index in [4.69, 9.17) is 4.74 Å². The lowest BCUT2D eigenvalue weighted by Gasteiger charge is -2.37. The van der Waals surface area contributed by atoms with Crippen LogP contribution < -0.4 is 15.1 Å². The summed E-state index contributed by atoms with van der Waals surface area (Å²) in [5, 5.41) is 3.36. The predicted molar refractivity (Wildman–Crippen MR) is 121 cm³/mol. The summed E-state index contributed by atoms with van der Waals surface area (Å²) >= 11 is 0. The average molecular weight is 453 g/mol. The highest BCUT2D eigenvalue weighted by molar-refractivity contribution is 6.03. The minimum atomic E-state index is -1.47. The fourth-order valence-corrected chi connectivity index (χ4v) is 3.82. The highest BCUT2D eigenvalue weighted by Crippen LogP contribution is 2.35. The van der Waals surface area contributed by atoms with Gasteiger partial charge in [0, 0.05) is 25.7 Å². The van der Waals surface area contributed by atoms with Crippen molar-refractivity contribution in [1.82, 2.24) is 4.98 Å². The van der Waals surface area contributed by atoms with Crippen LogP contribution in [0, 0.1) is 17.5 Å². The van der Waals surface area contributed by atoms with Gasteiger partial charge in [0.1, 0.15) is 5.82 Å². The van der Waals surface area contributed by atoms with Crippen molar-refractivity contribution in [1.29, 1.82) is 0 Å². The molecule has 6 nitrogen and oxygen atoms in total. The normalized spacial score (nSPS) is 19.5. The summed E-state index contributed by atoms with van der Waals surface area (Å²) in [4.78, 5) is 20.2. The summed E-state index contributed by atoms with van der Waals surface area (Å²) in [6.45, 7) is 2.88. The third kappa shape index (κ3) is 4.98. The van der Waals surface area contributed by atoms with Crippen LogP contribution in [0.25, 0.3) is 0 Å². The molecule has 1 amide bonds. The molecule has 1 aromatic carbocycles. The van der Waals surface area contributed by atoms with E-state index in [0.717, 1.165) is 42.2 Å². The molecule has 2 aliphatic rings. The first-order valence-corrected chi connectivity index (χ1v) is 9.88. The van der Waals surface area contributed by atoms with E-state index < -0.39 is 17.5 Å². The van der Waals surface area contributed by atoms with Gasteiger partial charge < -0.3 is 19.9 Å². The van der Waals surface area contributed by atoms with Crippen molar-refractivity contribution >= 4 is 23.1 Å². The van der Waals surface area contributed by atoms with E-state index in [2.05, 4.69) is 10.3 Å². The fourth-order valence-electron chi connectivity index (χ4n) is 3.82. The molecule has 0 atom stereocenters. The van der Waals surface area contributed by atoms with Gasteiger partial charge in [0.15, 0.2) is 17.5 Å². The number of pyridine rings is 1. The van der Waals surface area contributed by atoms with Crippen molar-refractivity contribution in [2.75, 3.05) is 35.3 Å². The first-order chi connectivity index (χ1) is 14.4. The Bertz CT molecular complexity index is 943. The number of nitrogens with zero attached hydrogens (tertiary/aromatic N) is 3. The molecule has 1 saturated carbocycles. The third-order valence-electron chi connectivity index (χ3n) is 5.53. The van der Waals surface area contributed by atoms with Gasteiger partial charge in [-0.05, 0) is 37.5 Å². The number of nitrogens with one attached hydrogen (secondary N) is 1. The number of amides is 1. The van der Waals surface area contributed by atoms with Crippen LogP contribution >= 0.6 is 0 Å². The summed E-state index contributed by atoms with van der Waals surface area (Å²) in [5.41, 5.74) is 2.01. The zero-order valence-electron chi connectivity index (χ0n) is 16.8. The molecule has 0 saturated heterocycles. The topological polar surface area (TPSA) is 57.7 Å². The molecule has 1 aromatic heterocycles. The number of halogens is 3. The average Bonchev–Trinajstić information content (AvgIpc) is 2.68. The summed E-state index contributed by atoms with van der Waals surface area (Å²) < 4.78 is 45.2. The second kappa shape index (κ2) is 10.2. The molecule has 1 N–H and O–H groups in total. The maximum Gasteiger partial charge on any atom is 0.246 e. The first kappa shape index (κ1) is 25.5. The van der Waals surface area contributed by atoms with Gasteiger partial charge in [-0.3, -0.25) is 4.79 Å². The number of carbonyl (C=O) groups is 1. The second-order valence-corrected chi connectivity index (χ2v) is 7.67. The SMILES string of the molecule is C.C.CCN1C(=O)CN(C)c2cc(NC3CC(OCc4cc(F)c(F)c(F)c4)C3)ncc21. The number of carbonyl (C=O) groups excluding carboxylic acids is 1. The third-order valence-corrected chi connectivity index (χ3v) is 5.53. The van der Waals surface area contributed by atoms with E-state index >= 15 is 0 Å². The first-order valence-electron chi connectivity index (χ1n) is 9.88. The summed E-state index contributed by atoms with van der Waals surface area (Å²) in [7, 11) is 1.88. The molecule has 32 heavy (non-hydrogen) atoms. The van der Waals surface area contributed by atoms with Gasteiger partial charge in [-0.25, -0.2) is 18.2 Å². The van der Waals surface area contributed by atoms with Crippen molar-refractivity contribution in [3.8, 4) is 0 Å². The van der Waals surface area contributed by atoms with E-state index in [9.17, 15) is 18.0 Å². The standard InChI is InChI=1S/C21H23F3N4O2.2CH4/c1-3-28-18-9-25-19(8-17(18)27(2)10-20(28)29)26-13-6-14(7-13)30-11-12-4-15(22)21(24)16(23)5-12;;/h4-5,8-9,13-14H,3,6-7,10-11H2,1-2H3,(H,25,26);2*1H4. The Morgan fingerprint density at radius 1 is 1.12 bits per heavy atom. The summed E-state index contributed by atoms with van der Waals surface area (Å²) in [6.07, 6.45) is 3.10. The number of rotatable bonds is 6. The Kier molecular flexibility index (Phi) is 8.12. The van der Waals surface area contributed by atoms with Gasteiger partial charge in [-0.15, -0.1) is 0 Å². The van der Waals surface area contributed by atoms with Crippen LogP contribution in [0.5, 0.6) is 0 Å². The van der Waals surface area contributed by atoms with Crippen LogP contribution in [0.1, 0.15) is 40.2 Å². The van der Waals surface area contributed by atoms with Crippen molar-refractivity contribution in [3.63, 3.8) is 0 Å². The van der Waals surface area contributed by atoms with Gasteiger partial charge in [0.2, 0.25) is 5.91 Å². The van der Waals surface area contributed by atoms with Gasteiger partial charge in [-0.1, -0.05) is 14.9 Å². The van der Waals surface area contributed by atoms with E-state index in [1.54, 1.807) is 11.1 Å². The monoisotopic (exact) mass is 452 g/mol. The second-order valence-electron chi connectivity index (χ2n) is 7.67. The molecular formula is C23H31F3N4O2. The largest absolute Gasteiger partial charge is 0.373 e. The Morgan fingerprint density at radius 3 is 2.41 bits per heavy atom. The van der Waals surface area contributed by atoms with Crippen molar-refractivity contribution in [2.45, 2.75) is 53.4 Å². The molecule has 0 bridgehead atoms. The number of fused-ring (bicyclic) bond motifs is 1. The predicted octanol–water partition coefficient (Wildman–Crippen LogP) is 4.73. The minimum Gasteiger partial charge on any atom is -0.373 e. The zero-order chi connectivity index (χ0) is 21.4. The Balaban J connectivity index is 0.00000181. The van der Waals surface area contributed by atoms with Gasteiger partial charge in [0.25, 0.3) is 0 Å². The Labute approximate surface area is 187 Å². The number of ether oxygens (including phenoxy) is 1. The van der Waals surface area contributed by atoms with Crippen LogP contribution in [0.2, 0.25) is 0 Å². The smallest absolute Gasteiger partial charge is 0.246 e. The molecule has 4 rings (SSSR count). The van der Waals surface area contributed by atoms with Gasteiger partial charge in [0.05, 0.1) is 36.8 Å². The summed E-state index contributed by atoms with van der Waals surface area (Å²) in [5.74, 6) is -3.13. The molecule has 1 aliphatic heterocycles. The molecule has 9 heteroatoms. The highest BCUT2D eigenvalue weighted by atomic mass is 19.2. The number of likely N-dealkylation sites (N-methyl/N-ethyl adjacent to an activating group) is 2. The quantitative estimate of drug-likeness (QED) is 0.642. The number of aromatic nitrogens is 1. The van der Waals surface area contributed by atoms with E-state index in [-0.39, 0.29) is 45.1 Å². The van der Waals surface area contributed by atoms with Gasteiger partial charge in [-0.2, -0.15) is 0 Å². The van der Waals surface area contributed by atoms with Crippen LogP contribution in [-0.2, 0) is 16.1 Å². The minimum absolute atomic E-state index is 0. The number of hydrogen-bond donors (Lipinski definition) is 1. The Hall–Kier alpha value is -2.81.